The molecule has 6 nitrogen and oxygen atoms in total. The first kappa shape index (κ1) is 22.4. The number of piperidine rings is 1. The van der Waals surface area contributed by atoms with Gasteiger partial charge in [-0.2, -0.15) is 0 Å². The molecule has 2 aromatic carbocycles. The molecule has 0 amide bonds. The summed E-state index contributed by atoms with van der Waals surface area (Å²) in [6, 6.07) is 11.3. The Morgan fingerprint density at radius 3 is 1.58 bits per heavy atom. The van der Waals surface area contributed by atoms with Gasteiger partial charge in [0.2, 0.25) is 0 Å². The minimum atomic E-state index is 0.0342. The second kappa shape index (κ2) is 10.2. The van der Waals surface area contributed by atoms with Crippen LogP contribution in [0.3, 0.4) is 0 Å². The predicted octanol–water partition coefficient (Wildman–Crippen LogP) is 2.68. The maximum atomic E-state index is 13.4. The lowest BCUT2D eigenvalue weighted by Gasteiger charge is -2.26. The van der Waals surface area contributed by atoms with Crippen LogP contribution in [0.4, 0.5) is 0 Å². The van der Waals surface area contributed by atoms with Crippen LogP contribution >= 0.6 is 0 Å². The molecule has 0 radical (unpaired) electrons. The standard InChI is InChI=1S/C25H29NO5/c1-6-26-15-19(13-17-9-7-11-21(28-2)24(17)30-4)23(27)20(16-26)14-18-10-8-12-22(29-3)25(18)31-5/h7-14H,6,15-16H2,1-5H3/p+1/b19-13-,20-14+. The van der Waals surface area contributed by atoms with Crippen LogP contribution in [0.25, 0.3) is 12.2 Å². The first-order chi connectivity index (χ1) is 15.1. The molecular formula is C25H30NO5+. The maximum absolute atomic E-state index is 13.4. The minimum absolute atomic E-state index is 0.0342. The second-order valence-electron chi connectivity index (χ2n) is 7.29. The summed E-state index contributed by atoms with van der Waals surface area (Å²) in [7, 11) is 6.41. The SMILES string of the molecule is CC[NH+]1C/C(=C/c2cccc(OC)c2OC)C(=O)/C(=C/c2cccc(OC)c2OC)C1. The zero-order chi connectivity index (χ0) is 22.4. The molecule has 1 heterocycles. The van der Waals surface area contributed by atoms with E-state index in [0.29, 0.717) is 36.1 Å². The van der Waals surface area contributed by atoms with Crippen LogP contribution in [-0.4, -0.2) is 53.9 Å². The summed E-state index contributed by atoms with van der Waals surface area (Å²) in [4.78, 5) is 14.7. The number of nitrogens with one attached hydrogen (secondary N) is 1. The van der Waals surface area contributed by atoms with E-state index in [9.17, 15) is 4.79 Å². The first-order valence-corrected chi connectivity index (χ1v) is 10.3. The van der Waals surface area contributed by atoms with E-state index in [2.05, 4.69) is 6.92 Å². The molecule has 1 N–H and O–H groups in total. The van der Waals surface area contributed by atoms with E-state index in [1.165, 1.54) is 4.90 Å². The summed E-state index contributed by atoms with van der Waals surface area (Å²) < 4.78 is 21.9. The van der Waals surface area contributed by atoms with Gasteiger partial charge in [0.15, 0.2) is 28.8 Å². The van der Waals surface area contributed by atoms with E-state index < -0.39 is 0 Å². The molecule has 0 aromatic heterocycles. The van der Waals surface area contributed by atoms with Gasteiger partial charge >= 0.3 is 0 Å². The summed E-state index contributed by atoms with van der Waals surface area (Å²) in [6.45, 7) is 4.34. The lowest BCUT2D eigenvalue weighted by molar-refractivity contribution is -0.889. The number of likely N-dealkylation sites (N-methyl/N-ethyl adjacent to an activating group) is 1. The van der Waals surface area contributed by atoms with Gasteiger partial charge in [-0.05, 0) is 31.2 Å². The van der Waals surface area contributed by atoms with Crippen molar-refractivity contribution in [1.82, 2.24) is 0 Å². The third-order valence-electron chi connectivity index (χ3n) is 5.49. The third kappa shape index (κ3) is 4.75. The van der Waals surface area contributed by atoms with Gasteiger partial charge in [-0.3, -0.25) is 4.79 Å². The fraction of sp³-hybridized carbons (Fsp3) is 0.320. The summed E-state index contributed by atoms with van der Waals surface area (Å²) >= 11 is 0. The Balaban J connectivity index is 2.06. The zero-order valence-corrected chi connectivity index (χ0v) is 18.8. The van der Waals surface area contributed by atoms with Gasteiger partial charge in [0.05, 0.1) is 46.1 Å². The molecule has 1 fully saturated rings. The molecule has 0 bridgehead atoms. The van der Waals surface area contributed by atoms with E-state index >= 15 is 0 Å². The average molecular weight is 425 g/mol. The number of rotatable bonds is 7. The van der Waals surface area contributed by atoms with Gasteiger partial charge in [0.25, 0.3) is 0 Å². The number of likely N-dealkylation sites (tertiary alicyclic amines) is 1. The highest BCUT2D eigenvalue weighted by Crippen LogP contribution is 2.34. The van der Waals surface area contributed by atoms with Crippen molar-refractivity contribution in [2.45, 2.75) is 6.92 Å². The van der Waals surface area contributed by atoms with E-state index in [0.717, 1.165) is 28.8 Å². The Morgan fingerprint density at radius 1 is 0.774 bits per heavy atom. The van der Waals surface area contributed by atoms with E-state index in [1.54, 1.807) is 28.4 Å². The molecule has 164 valence electrons. The fourth-order valence-corrected chi connectivity index (χ4v) is 3.88. The van der Waals surface area contributed by atoms with Crippen molar-refractivity contribution in [3.05, 3.63) is 58.7 Å². The topological polar surface area (TPSA) is 58.4 Å². The number of para-hydroxylation sites is 2. The lowest BCUT2D eigenvalue weighted by atomic mass is 9.94. The van der Waals surface area contributed by atoms with E-state index in [4.69, 9.17) is 18.9 Å². The number of carbonyl (C=O) groups is 1. The fourth-order valence-electron chi connectivity index (χ4n) is 3.88. The number of hydrogen-bond acceptors (Lipinski definition) is 5. The molecule has 0 spiro atoms. The molecule has 31 heavy (non-hydrogen) atoms. The molecule has 6 heteroatoms. The molecule has 1 aliphatic rings. The van der Waals surface area contributed by atoms with Crippen molar-refractivity contribution in [2.24, 2.45) is 0 Å². The van der Waals surface area contributed by atoms with Crippen molar-refractivity contribution in [3.63, 3.8) is 0 Å². The van der Waals surface area contributed by atoms with Crippen molar-refractivity contribution in [1.29, 1.82) is 0 Å². The first-order valence-electron chi connectivity index (χ1n) is 10.3. The number of carbonyl (C=O) groups excluding carboxylic acids is 1. The molecule has 0 aliphatic carbocycles. The van der Waals surface area contributed by atoms with Crippen molar-refractivity contribution in [3.8, 4) is 23.0 Å². The number of ketones is 1. The van der Waals surface area contributed by atoms with Crippen LogP contribution in [-0.2, 0) is 4.79 Å². The number of ether oxygens (including phenoxy) is 4. The largest absolute Gasteiger partial charge is 0.493 e. The Labute approximate surface area is 183 Å². The van der Waals surface area contributed by atoms with Crippen LogP contribution in [0, 0.1) is 0 Å². The predicted molar refractivity (Wildman–Crippen MR) is 121 cm³/mol. The molecule has 3 rings (SSSR count). The number of methoxy groups -OCH3 is 4. The molecule has 0 saturated carbocycles. The Kier molecular flexibility index (Phi) is 7.36. The summed E-state index contributed by atoms with van der Waals surface area (Å²) in [5, 5.41) is 0. The molecule has 1 atom stereocenters. The molecule has 1 unspecified atom stereocenters. The summed E-state index contributed by atoms with van der Waals surface area (Å²) in [6.07, 6.45) is 3.82. The normalized spacial score (nSPS) is 18.9. The molecule has 1 aliphatic heterocycles. The Hall–Kier alpha value is -3.25. The number of benzene rings is 2. The maximum Gasteiger partial charge on any atom is 0.196 e. The number of quaternary nitrogens is 1. The Bertz CT molecular complexity index is 931. The van der Waals surface area contributed by atoms with E-state index in [-0.39, 0.29) is 5.78 Å². The third-order valence-corrected chi connectivity index (χ3v) is 5.49. The Morgan fingerprint density at radius 2 is 1.23 bits per heavy atom. The van der Waals surface area contributed by atoms with Crippen LogP contribution in [0.15, 0.2) is 47.5 Å². The van der Waals surface area contributed by atoms with Crippen molar-refractivity contribution in [2.75, 3.05) is 48.1 Å². The second-order valence-corrected chi connectivity index (χ2v) is 7.29. The molecule has 2 aromatic rings. The van der Waals surface area contributed by atoms with Crippen LogP contribution in [0.5, 0.6) is 23.0 Å². The number of Topliss-reactive ketones (excluding diaryl/α,β-unsaturated/α-hetero) is 1. The average Bonchev–Trinajstić information content (AvgIpc) is 2.80. The lowest BCUT2D eigenvalue weighted by Crippen LogP contribution is -3.13. The van der Waals surface area contributed by atoms with Crippen molar-refractivity contribution >= 4 is 17.9 Å². The van der Waals surface area contributed by atoms with Gasteiger partial charge in [0.1, 0.15) is 13.1 Å². The molecular weight excluding hydrogens is 394 g/mol. The van der Waals surface area contributed by atoms with Crippen LogP contribution < -0.4 is 23.8 Å². The van der Waals surface area contributed by atoms with Gasteiger partial charge in [-0.25, -0.2) is 0 Å². The summed E-state index contributed by atoms with van der Waals surface area (Å²) in [5.74, 6) is 2.54. The smallest absolute Gasteiger partial charge is 0.196 e. The minimum Gasteiger partial charge on any atom is -0.493 e. The monoisotopic (exact) mass is 424 g/mol. The highest BCUT2D eigenvalue weighted by atomic mass is 16.5. The quantitative estimate of drug-likeness (QED) is 0.693. The van der Waals surface area contributed by atoms with Gasteiger partial charge < -0.3 is 23.8 Å². The van der Waals surface area contributed by atoms with Crippen LogP contribution in [0.1, 0.15) is 18.1 Å². The van der Waals surface area contributed by atoms with E-state index in [1.807, 2.05) is 48.6 Å². The van der Waals surface area contributed by atoms with Gasteiger partial charge in [-0.1, -0.05) is 24.3 Å². The van der Waals surface area contributed by atoms with Gasteiger partial charge in [-0.15, -0.1) is 0 Å². The summed E-state index contributed by atoms with van der Waals surface area (Å²) in [5.41, 5.74) is 3.12. The van der Waals surface area contributed by atoms with Crippen molar-refractivity contribution < 1.29 is 28.6 Å². The highest BCUT2D eigenvalue weighted by molar-refractivity contribution is 6.14. The van der Waals surface area contributed by atoms with Gasteiger partial charge in [0, 0.05) is 11.1 Å². The van der Waals surface area contributed by atoms with Crippen LogP contribution in [0.2, 0.25) is 0 Å². The highest BCUT2D eigenvalue weighted by Gasteiger charge is 2.29. The number of hydrogen-bond donors (Lipinski definition) is 1. The molecule has 1 saturated heterocycles. The zero-order valence-electron chi connectivity index (χ0n) is 18.8.